The van der Waals surface area contributed by atoms with Crippen LogP contribution in [0, 0.1) is 5.82 Å². The molecule has 0 aliphatic carbocycles. The first-order chi connectivity index (χ1) is 8.25. The van der Waals surface area contributed by atoms with Crippen molar-refractivity contribution in [3.63, 3.8) is 0 Å². The Hall–Kier alpha value is -1.42. The normalized spacial score (nSPS) is 10.2. The molecule has 0 saturated carbocycles. The Labute approximate surface area is 108 Å². The molecule has 0 atom stereocenters. The topological polar surface area (TPSA) is 24.9 Å². The Morgan fingerprint density at radius 2 is 1.94 bits per heavy atom. The number of aromatic nitrogens is 1. The van der Waals surface area contributed by atoms with E-state index in [2.05, 4.69) is 26.2 Å². The van der Waals surface area contributed by atoms with Crippen LogP contribution in [0.4, 0.5) is 10.1 Å². The van der Waals surface area contributed by atoms with Crippen molar-refractivity contribution in [2.24, 2.45) is 0 Å². The Bertz CT molecular complexity index is 485. The SMILES string of the molecule is Fc1ccc(CCNc2ccncc2Br)cc1. The number of hydrogen-bond acceptors (Lipinski definition) is 2. The Morgan fingerprint density at radius 1 is 1.18 bits per heavy atom. The summed E-state index contributed by atoms with van der Waals surface area (Å²) in [6.45, 7) is 0.800. The van der Waals surface area contributed by atoms with Crippen molar-refractivity contribution in [3.8, 4) is 0 Å². The number of rotatable bonds is 4. The Balaban J connectivity index is 1.88. The van der Waals surface area contributed by atoms with Gasteiger partial charge < -0.3 is 5.32 Å². The quantitative estimate of drug-likeness (QED) is 0.931. The van der Waals surface area contributed by atoms with Crippen LogP contribution in [-0.2, 0) is 6.42 Å². The number of hydrogen-bond donors (Lipinski definition) is 1. The lowest BCUT2D eigenvalue weighted by molar-refractivity contribution is 0.627. The lowest BCUT2D eigenvalue weighted by Gasteiger charge is -2.07. The lowest BCUT2D eigenvalue weighted by atomic mass is 10.1. The average Bonchev–Trinajstić information content (AvgIpc) is 2.34. The molecule has 0 spiro atoms. The zero-order valence-corrected chi connectivity index (χ0v) is 10.7. The van der Waals surface area contributed by atoms with E-state index < -0.39 is 0 Å². The summed E-state index contributed by atoms with van der Waals surface area (Å²) in [6.07, 6.45) is 4.35. The van der Waals surface area contributed by atoms with Crippen LogP contribution in [0.2, 0.25) is 0 Å². The highest BCUT2D eigenvalue weighted by atomic mass is 79.9. The van der Waals surface area contributed by atoms with E-state index in [1.54, 1.807) is 24.5 Å². The molecule has 0 aliphatic heterocycles. The highest BCUT2D eigenvalue weighted by Crippen LogP contribution is 2.19. The third-order valence-corrected chi connectivity index (χ3v) is 3.05. The molecule has 2 aromatic rings. The van der Waals surface area contributed by atoms with Crippen molar-refractivity contribution >= 4 is 21.6 Å². The molecule has 2 rings (SSSR count). The van der Waals surface area contributed by atoms with E-state index in [0.717, 1.165) is 28.7 Å². The van der Waals surface area contributed by atoms with Crippen molar-refractivity contribution in [1.82, 2.24) is 4.98 Å². The van der Waals surface area contributed by atoms with E-state index in [0.29, 0.717) is 0 Å². The van der Waals surface area contributed by atoms with Crippen LogP contribution in [0.1, 0.15) is 5.56 Å². The summed E-state index contributed by atoms with van der Waals surface area (Å²) in [6, 6.07) is 8.49. The zero-order valence-electron chi connectivity index (χ0n) is 9.16. The minimum absolute atomic E-state index is 0.196. The summed E-state index contributed by atoms with van der Waals surface area (Å²) < 4.78 is 13.6. The monoisotopic (exact) mass is 294 g/mol. The van der Waals surface area contributed by atoms with Gasteiger partial charge in [0.05, 0.1) is 10.2 Å². The van der Waals surface area contributed by atoms with Crippen LogP contribution in [0.5, 0.6) is 0 Å². The molecule has 0 unspecified atom stereocenters. The molecule has 0 aliphatic rings. The first-order valence-corrected chi connectivity index (χ1v) is 6.13. The first kappa shape index (κ1) is 12.0. The minimum atomic E-state index is -0.196. The van der Waals surface area contributed by atoms with E-state index in [9.17, 15) is 4.39 Å². The van der Waals surface area contributed by atoms with Crippen LogP contribution in [0.25, 0.3) is 0 Å². The summed E-state index contributed by atoms with van der Waals surface area (Å²) in [7, 11) is 0. The van der Waals surface area contributed by atoms with Gasteiger partial charge in [-0.2, -0.15) is 0 Å². The molecule has 1 heterocycles. The van der Waals surface area contributed by atoms with Crippen molar-refractivity contribution in [2.75, 3.05) is 11.9 Å². The van der Waals surface area contributed by atoms with Gasteiger partial charge in [-0.1, -0.05) is 12.1 Å². The largest absolute Gasteiger partial charge is 0.384 e. The van der Waals surface area contributed by atoms with Crippen molar-refractivity contribution < 1.29 is 4.39 Å². The predicted octanol–water partition coefficient (Wildman–Crippen LogP) is 3.64. The molecule has 88 valence electrons. The summed E-state index contributed by atoms with van der Waals surface area (Å²) in [5, 5.41) is 3.30. The highest BCUT2D eigenvalue weighted by molar-refractivity contribution is 9.10. The fraction of sp³-hybridized carbons (Fsp3) is 0.154. The van der Waals surface area contributed by atoms with Gasteiger partial charge in [-0.15, -0.1) is 0 Å². The van der Waals surface area contributed by atoms with Gasteiger partial charge in [0.2, 0.25) is 0 Å². The maximum atomic E-state index is 12.7. The molecule has 2 nitrogen and oxygen atoms in total. The van der Waals surface area contributed by atoms with Crippen LogP contribution in [0.15, 0.2) is 47.2 Å². The van der Waals surface area contributed by atoms with Gasteiger partial charge in [0, 0.05) is 18.9 Å². The second kappa shape index (κ2) is 5.77. The zero-order chi connectivity index (χ0) is 12.1. The Kier molecular flexibility index (Phi) is 4.09. The van der Waals surface area contributed by atoms with Gasteiger partial charge in [0.25, 0.3) is 0 Å². The highest BCUT2D eigenvalue weighted by Gasteiger charge is 1.98. The van der Waals surface area contributed by atoms with Gasteiger partial charge in [-0.25, -0.2) is 4.39 Å². The third kappa shape index (κ3) is 3.53. The summed E-state index contributed by atoms with van der Waals surface area (Å²) in [5.41, 5.74) is 2.13. The molecule has 0 saturated heterocycles. The van der Waals surface area contributed by atoms with Crippen LogP contribution < -0.4 is 5.32 Å². The standard InChI is InChI=1S/C13H12BrFN2/c14-12-9-16-7-6-13(12)17-8-5-10-1-3-11(15)4-2-10/h1-4,6-7,9H,5,8H2,(H,16,17). The molecule has 1 aromatic heterocycles. The summed E-state index contributed by atoms with van der Waals surface area (Å²) in [4.78, 5) is 3.99. The first-order valence-electron chi connectivity index (χ1n) is 5.33. The second-order valence-corrected chi connectivity index (χ2v) is 4.51. The summed E-state index contributed by atoms with van der Waals surface area (Å²) >= 11 is 3.42. The van der Waals surface area contributed by atoms with Crippen LogP contribution >= 0.6 is 15.9 Å². The van der Waals surface area contributed by atoms with Gasteiger partial charge in [0.1, 0.15) is 5.82 Å². The van der Waals surface area contributed by atoms with Crippen molar-refractivity contribution in [2.45, 2.75) is 6.42 Å². The maximum absolute atomic E-state index is 12.7. The summed E-state index contributed by atoms with van der Waals surface area (Å²) in [5.74, 6) is -0.196. The van der Waals surface area contributed by atoms with Crippen LogP contribution in [0.3, 0.4) is 0 Å². The van der Waals surface area contributed by atoms with E-state index >= 15 is 0 Å². The smallest absolute Gasteiger partial charge is 0.123 e. The molecule has 0 fully saturated rings. The molecule has 17 heavy (non-hydrogen) atoms. The van der Waals surface area contributed by atoms with Gasteiger partial charge in [-0.3, -0.25) is 4.98 Å². The van der Waals surface area contributed by atoms with E-state index in [1.807, 2.05) is 6.07 Å². The number of halogens is 2. The number of anilines is 1. The Morgan fingerprint density at radius 3 is 2.65 bits per heavy atom. The minimum Gasteiger partial charge on any atom is -0.384 e. The maximum Gasteiger partial charge on any atom is 0.123 e. The predicted molar refractivity (Wildman–Crippen MR) is 70.5 cm³/mol. The number of nitrogens with zero attached hydrogens (tertiary/aromatic N) is 1. The molecule has 1 N–H and O–H groups in total. The van der Waals surface area contributed by atoms with E-state index in [4.69, 9.17) is 0 Å². The lowest BCUT2D eigenvalue weighted by Crippen LogP contribution is -2.05. The number of nitrogens with one attached hydrogen (secondary N) is 1. The van der Waals surface area contributed by atoms with Crippen LogP contribution in [-0.4, -0.2) is 11.5 Å². The molecule has 0 bridgehead atoms. The molecule has 0 radical (unpaired) electrons. The van der Waals surface area contributed by atoms with E-state index in [-0.39, 0.29) is 5.82 Å². The van der Waals surface area contributed by atoms with Gasteiger partial charge in [-0.05, 0) is 46.1 Å². The van der Waals surface area contributed by atoms with E-state index in [1.165, 1.54) is 12.1 Å². The third-order valence-electron chi connectivity index (χ3n) is 2.41. The second-order valence-electron chi connectivity index (χ2n) is 3.66. The number of benzene rings is 1. The molecule has 4 heteroatoms. The fourth-order valence-corrected chi connectivity index (χ4v) is 1.90. The molecular formula is C13H12BrFN2. The molecule has 0 amide bonds. The average molecular weight is 295 g/mol. The molecule has 1 aromatic carbocycles. The fourth-order valence-electron chi connectivity index (χ4n) is 1.51. The molecular weight excluding hydrogens is 283 g/mol. The van der Waals surface area contributed by atoms with Crippen molar-refractivity contribution in [3.05, 3.63) is 58.6 Å². The van der Waals surface area contributed by atoms with Gasteiger partial charge >= 0.3 is 0 Å². The van der Waals surface area contributed by atoms with Gasteiger partial charge in [0.15, 0.2) is 0 Å². The number of pyridine rings is 1. The van der Waals surface area contributed by atoms with Crippen molar-refractivity contribution in [1.29, 1.82) is 0 Å².